The van der Waals surface area contributed by atoms with Crippen molar-refractivity contribution in [3.63, 3.8) is 0 Å². The van der Waals surface area contributed by atoms with E-state index in [1.54, 1.807) is 10.7 Å². The van der Waals surface area contributed by atoms with Crippen molar-refractivity contribution in [2.75, 3.05) is 6.54 Å². The molecule has 0 saturated heterocycles. The van der Waals surface area contributed by atoms with E-state index in [2.05, 4.69) is 21.5 Å². The minimum Gasteiger partial charge on any atom is -0.356 e. The molecule has 1 aromatic carbocycles. The summed E-state index contributed by atoms with van der Waals surface area (Å²) in [4.78, 5) is 16.2. The number of aromatic nitrogens is 3. The highest BCUT2D eigenvalue weighted by molar-refractivity contribution is 5.79. The molecule has 6 nitrogen and oxygen atoms in total. The van der Waals surface area contributed by atoms with Gasteiger partial charge in [0.1, 0.15) is 11.6 Å². The number of carbonyl (C=O) groups excluding carboxylic acids is 1. The molecule has 3 aromatic rings. The average Bonchev–Trinajstić information content (AvgIpc) is 2.97. The Bertz CT molecular complexity index is 907. The van der Waals surface area contributed by atoms with Crippen LogP contribution in [0.25, 0.3) is 16.9 Å². The van der Waals surface area contributed by atoms with E-state index in [9.17, 15) is 4.79 Å². The summed E-state index contributed by atoms with van der Waals surface area (Å²) in [5.74, 6) is -0.00406. The first-order valence-electron chi connectivity index (χ1n) is 7.31. The van der Waals surface area contributed by atoms with Gasteiger partial charge in [0.2, 0.25) is 5.91 Å². The molecule has 6 heteroatoms. The zero-order valence-corrected chi connectivity index (χ0v) is 12.7. The van der Waals surface area contributed by atoms with Crippen molar-refractivity contribution in [3.8, 4) is 17.3 Å². The fourth-order valence-electron chi connectivity index (χ4n) is 2.39. The minimum atomic E-state index is -0.00406. The van der Waals surface area contributed by atoms with Crippen LogP contribution in [0.5, 0.6) is 0 Å². The lowest BCUT2D eigenvalue weighted by molar-refractivity contribution is -0.120. The highest BCUT2D eigenvalue weighted by Crippen LogP contribution is 2.20. The van der Waals surface area contributed by atoms with Gasteiger partial charge in [-0.3, -0.25) is 4.79 Å². The molecule has 0 unspecified atom stereocenters. The molecule has 2 aromatic heterocycles. The van der Waals surface area contributed by atoms with Gasteiger partial charge >= 0.3 is 0 Å². The lowest BCUT2D eigenvalue weighted by atomic mass is 10.1. The van der Waals surface area contributed by atoms with Gasteiger partial charge in [-0.1, -0.05) is 18.2 Å². The molecule has 0 radical (unpaired) electrons. The van der Waals surface area contributed by atoms with Crippen LogP contribution in [0.15, 0.2) is 42.7 Å². The third kappa shape index (κ3) is 3.04. The summed E-state index contributed by atoms with van der Waals surface area (Å²) in [5, 5.41) is 16.0. The van der Waals surface area contributed by atoms with E-state index in [4.69, 9.17) is 5.26 Å². The number of carbonyl (C=O) groups is 1. The van der Waals surface area contributed by atoms with Gasteiger partial charge in [-0.05, 0) is 24.6 Å². The molecular formula is C17H15N5O. The predicted octanol–water partition coefficient (Wildman–Crippen LogP) is 1.95. The average molecular weight is 305 g/mol. The lowest BCUT2D eigenvalue weighted by Gasteiger charge is -2.06. The molecule has 0 aliphatic heterocycles. The summed E-state index contributed by atoms with van der Waals surface area (Å²) in [5.41, 5.74) is 3.53. The number of amides is 1. The second-order valence-electron chi connectivity index (χ2n) is 5.08. The molecule has 2 heterocycles. The Balaban J connectivity index is 1.95. The Hall–Kier alpha value is -3.20. The maximum absolute atomic E-state index is 11.7. The smallest absolute Gasteiger partial charge is 0.224 e. The van der Waals surface area contributed by atoms with Gasteiger partial charge in [-0.15, -0.1) is 0 Å². The number of nitrogens with one attached hydrogen (secondary N) is 1. The molecule has 3 rings (SSSR count). The SMILES string of the molecule is CCNC(=O)Cc1cccc(-c2ccn3ncc(C#N)c3n2)c1. The number of nitrogens with zero attached hydrogens (tertiary/aromatic N) is 4. The summed E-state index contributed by atoms with van der Waals surface area (Å²) in [6.45, 7) is 2.51. The van der Waals surface area contributed by atoms with Crippen LogP contribution in [0.4, 0.5) is 0 Å². The van der Waals surface area contributed by atoms with Crippen LogP contribution in [0.3, 0.4) is 0 Å². The fourth-order valence-corrected chi connectivity index (χ4v) is 2.39. The van der Waals surface area contributed by atoms with Crippen LogP contribution in [0.1, 0.15) is 18.1 Å². The van der Waals surface area contributed by atoms with Gasteiger partial charge in [-0.25, -0.2) is 9.50 Å². The molecule has 0 bridgehead atoms. The molecule has 0 aliphatic rings. The summed E-state index contributed by atoms with van der Waals surface area (Å²) < 4.78 is 1.57. The molecule has 23 heavy (non-hydrogen) atoms. The van der Waals surface area contributed by atoms with Crippen molar-refractivity contribution >= 4 is 11.6 Å². The molecule has 0 fully saturated rings. The van der Waals surface area contributed by atoms with Crippen molar-refractivity contribution in [2.45, 2.75) is 13.3 Å². The normalized spacial score (nSPS) is 10.4. The van der Waals surface area contributed by atoms with Crippen LogP contribution in [0, 0.1) is 11.3 Å². The highest BCUT2D eigenvalue weighted by atomic mass is 16.1. The molecular weight excluding hydrogens is 290 g/mol. The van der Waals surface area contributed by atoms with Crippen molar-refractivity contribution < 1.29 is 4.79 Å². The van der Waals surface area contributed by atoms with Gasteiger partial charge < -0.3 is 5.32 Å². The monoisotopic (exact) mass is 305 g/mol. The predicted molar refractivity (Wildman–Crippen MR) is 85.5 cm³/mol. The number of fused-ring (bicyclic) bond motifs is 1. The molecule has 0 saturated carbocycles. The molecule has 114 valence electrons. The van der Waals surface area contributed by atoms with Gasteiger partial charge in [0.15, 0.2) is 5.65 Å². The van der Waals surface area contributed by atoms with Gasteiger partial charge in [0.25, 0.3) is 0 Å². The Labute approximate surface area is 133 Å². The maximum atomic E-state index is 11.7. The van der Waals surface area contributed by atoms with Crippen LogP contribution >= 0.6 is 0 Å². The standard InChI is InChI=1S/C17H15N5O/c1-2-19-16(23)9-12-4-3-5-13(8-12)15-6-7-22-17(21-15)14(10-18)11-20-22/h3-8,11H,2,9H2,1H3,(H,19,23). The molecule has 1 amide bonds. The maximum Gasteiger partial charge on any atom is 0.224 e. The number of nitriles is 1. The zero-order valence-electron chi connectivity index (χ0n) is 12.7. The van der Waals surface area contributed by atoms with Crippen LogP contribution in [0.2, 0.25) is 0 Å². The van der Waals surface area contributed by atoms with Crippen LogP contribution < -0.4 is 5.32 Å². The Morgan fingerprint density at radius 3 is 3.04 bits per heavy atom. The lowest BCUT2D eigenvalue weighted by Crippen LogP contribution is -2.24. The fraction of sp³-hybridized carbons (Fsp3) is 0.176. The quantitative estimate of drug-likeness (QED) is 0.798. The van der Waals surface area contributed by atoms with E-state index in [1.165, 1.54) is 6.20 Å². The zero-order chi connectivity index (χ0) is 16.2. The Kier molecular flexibility index (Phi) is 4.02. The number of hydrogen-bond acceptors (Lipinski definition) is 4. The summed E-state index contributed by atoms with van der Waals surface area (Å²) >= 11 is 0. The van der Waals surface area contributed by atoms with Crippen molar-refractivity contribution in [1.82, 2.24) is 19.9 Å². The van der Waals surface area contributed by atoms with Crippen molar-refractivity contribution in [3.05, 3.63) is 53.9 Å². The van der Waals surface area contributed by atoms with Gasteiger partial charge in [-0.2, -0.15) is 10.4 Å². The van der Waals surface area contributed by atoms with Crippen molar-refractivity contribution in [2.24, 2.45) is 0 Å². The van der Waals surface area contributed by atoms with E-state index >= 15 is 0 Å². The third-order valence-electron chi connectivity index (χ3n) is 3.45. The van der Waals surface area contributed by atoms with E-state index in [1.807, 2.05) is 37.3 Å². The summed E-state index contributed by atoms with van der Waals surface area (Å²) in [6.07, 6.45) is 3.60. The number of rotatable bonds is 4. The molecule has 0 atom stereocenters. The van der Waals surface area contributed by atoms with Crippen LogP contribution in [-0.4, -0.2) is 27.0 Å². The number of benzene rings is 1. The van der Waals surface area contributed by atoms with Crippen molar-refractivity contribution in [1.29, 1.82) is 5.26 Å². The summed E-state index contributed by atoms with van der Waals surface area (Å²) in [7, 11) is 0. The first kappa shape index (κ1) is 14.7. The molecule has 0 spiro atoms. The van der Waals surface area contributed by atoms with Gasteiger partial charge in [0.05, 0.1) is 18.3 Å². The topological polar surface area (TPSA) is 83.1 Å². The third-order valence-corrected chi connectivity index (χ3v) is 3.45. The second-order valence-corrected chi connectivity index (χ2v) is 5.08. The Morgan fingerprint density at radius 1 is 1.39 bits per heavy atom. The van der Waals surface area contributed by atoms with E-state index in [-0.39, 0.29) is 5.91 Å². The minimum absolute atomic E-state index is 0.00406. The Morgan fingerprint density at radius 2 is 2.26 bits per heavy atom. The summed E-state index contributed by atoms with van der Waals surface area (Å²) in [6, 6.07) is 11.6. The van der Waals surface area contributed by atoms with E-state index in [0.717, 1.165) is 16.8 Å². The first-order valence-corrected chi connectivity index (χ1v) is 7.31. The largest absolute Gasteiger partial charge is 0.356 e. The highest BCUT2D eigenvalue weighted by Gasteiger charge is 2.08. The number of likely N-dealkylation sites (N-methyl/N-ethyl adjacent to an activating group) is 1. The van der Waals surface area contributed by atoms with Crippen LogP contribution in [-0.2, 0) is 11.2 Å². The molecule has 1 N–H and O–H groups in total. The number of hydrogen-bond donors (Lipinski definition) is 1. The first-order chi connectivity index (χ1) is 11.2. The van der Waals surface area contributed by atoms with Gasteiger partial charge in [0, 0.05) is 18.3 Å². The molecule has 0 aliphatic carbocycles. The van der Waals surface area contributed by atoms with E-state index < -0.39 is 0 Å². The van der Waals surface area contributed by atoms with E-state index in [0.29, 0.717) is 24.2 Å². The second kappa shape index (κ2) is 6.28.